The minimum absolute atomic E-state index is 0.0742. The maximum atomic E-state index is 6.27. The molecule has 7 nitrogen and oxygen atoms in total. The Kier molecular flexibility index (Phi) is 4.65. The molecule has 7 heteroatoms. The predicted octanol–water partition coefficient (Wildman–Crippen LogP) is 3.57. The van der Waals surface area contributed by atoms with Gasteiger partial charge in [-0.25, -0.2) is 9.97 Å². The Balaban J connectivity index is 1.45. The number of rotatable bonds is 6. The molecule has 0 bridgehead atoms. The number of hydrogen-bond acceptors (Lipinski definition) is 7. The SMILES string of the molecule is CC(Nc1ncnc(NCc2ccc3c(c2)OCO3)c1N)c1ccccc1. The Hall–Kier alpha value is -3.48. The number of nitrogens with one attached hydrogen (secondary N) is 2. The molecule has 0 saturated carbocycles. The average Bonchev–Trinajstić information content (AvgIpc) is 3.17. The van der Waals surface area contributed by atoms with Gasteiger partial charge in [-0.3, -0.25) is 0 Å². The van der Waals surface area contributed by atoms with Gasteiger partial charge in [0.2, 0.25) is 6.79 Å². The van der Waals surface area contributed by atoms with E-state index >= 15 is 0 Å². The van der Waals surface area contributed by atoms with Crippen LogP contribution in [0.3, 0.4) is 0 Å². The molecule has 3 aromatic rings. The molecule has 0 amide bonds. The Morgan fingerprint density at radius 2 is 1.81 bits per heavy atom. The molecule has 1 unspecified atom stereocenters. The third-order valence-electron chi connectivity index (χ3n) is 4.43. The lowest BCUT2D eigenvalue weighted by atomic mass is 10.1. The summed E-state index contributed by atoms with van der Waals surface area (Å²) in [6.07, 6.45) is 1.50. The normalized spacial score (nSPS) is 13.2. The molecule has 2 heterocycles. The second kappa shape index (κ2) is 7.41. The summed E-state index contributed by atoms with van der Waals surface area (Å²) in [6, 6.07) is 16.0. The van der Waals surface area contributed by atoms with Gasteiger partial charge in [0.1, 0.15) is 12.0 Å². The second-order valence-electron chi connectivity index (χ2n) is 6.30. The van der Waals surface area contributed by atoms with Crippen molar-refractivity contribution >= 4 is 17.3 Å². The van der Waals surface area contributed by atoms with Gasteiger partial charge in [-0.15, -0.1) is 0 Å². The molecule has 27 heavy (non-hydrogen) atoms. The van der Waals surface area contributed by atoms with Crippen molar-refractivity contribution in [3.05, 3.63) is 66.0 Å². The van der Waals surface area contributed by atoms with Crippen molar-refractivity contribution in [1.29, 1.82) is 0 Å². The zero-order valence-electron chi connectivity index (χ0n) is 15.0. The van der Waals surface area contributed by atoms with E-state index in [2.05, 4.69) is 39.7 Å². The van der Waals surface area contributed by atoms with Crippen molar-refractivity contribution in [3.63, 3.8) is 0 Å². The first-order chi connectivity index (χ1) is 13.2. The number of nitrogen functional groups attached to an aromatic ring is 1. The second-order valence-corrected chi connectivity index (χ2v) is 6.30. The zero-order valence-corrected chi connectivity index (χ0v) is 15.0. The van der Waals surface area contributed by atoms with Crippen LogP contribution in [0.4, 0.5) is 17.3 Å². The molecule has 1 aliphatic heterocycles. The van der Waals surface area contributed by atoms with Crippen molar-refractivity contribution in [3.8, 4) is 11.5 Å². The number of benzene rings is 2. The molecular formula is C20H21N5O2. The van der Waals surface area contributed by atoms with E-state index < -0.39 is 0 Å². The van der Waals surface area contributed by atoms with E-state index in [1.807, 2.05) is 36.4 Å². The molecule has 4 N–H and O–H groups in total. The van der Waals surface area contributed by atoms with E-state index in [1.165, 1.54) is 6.33 Å². The van der Waals surface area contributed by atoms with Gasteiger partial charge < -0.3 is 25.8 Å². The Bertz CT molecular complexity index is 933. The molecule has 4 rings (SSSR count). The maximum absolute atomic E-state index is 6.27. The van der Waals surface area contributed by atoms with Crippen LogP contribution < -0.4 is 25.8 Å². The molecule has 138 valence electrons. The van der Waals surface area contributed by atoms with Crippen molar-refractivity contribution < 1.29 is 9.47 Å². The summed E-state index contributed by atoms with van der Waals surface area (Å²) in [4.78, 5) is 8.55. The van der Waals surface area contributed by atoms with Crippen LogP contribution in [0.2, 0.25) is 0 Å². The van der Waals surface area contributed by atoms with Crippen molar-refractivity contribution in [2.75, 3.05) is 23.2 Å². The molecule has 1 aliphatic rings. The fourth-order valence-electron chi connectivity index (χ4n) is 2.92. The number of aromatic nitrogens is 2. The van der Waals surface area contributed by atoms with Crippen molar-refractivity contribution in [2.24, 2.45) is 0 Å². The fourth-order valence-corrected chi connectivity index (χ4v) is 2.92. The minimum atomic E-state index is 0.0742. The fraction of sp³-hybridized carbons (Fsp3) is 0.200. The number of nitrogens with zero attached hydrogens (tertiary/aromatic N) is 2. The molecule has 1 atom stereocenters. The molecule has 0 aliphatic carbocycles. The zero-order chi connectivity index (χ0) is 18.6. The van der Waals surface area contributed by atoms with E-state index in [0.717, 1.165) is 22.6 Å². The smallest absolute Gasteiger partial charge is 0.231 e. The highest BCUT2D eigenvalue weighted by Gasteiger charge is 2.14. The lowest BCUT2D eigenvalue weighted by molar-refractivity contribution is 0.174. The number of nitrogens with two attached hydrogens (primary N) is 1. The van der Waals surface area contributed by atoms with Gasteiger partial charge in [0.15, 0.2) is 23.1 Å². The molecular weight excluding hydrogens is 342 g/mol. The highest BCUT2D eigenvalue weighted by atomic mass is 16.7. The molecule has 0 radical (unpaired) electrons. The molecule has 0 spiro atoms. The summed E-state index contributed by atoms with van der Waals surface area (Å²) in [7, 11) is 0. The van der Waals surface area contributed by atoms with Crippen LogP contribution in [0.25, 0.3) is 0 Å². The van der Waals surface area contributed by atoms with Gasteiger partial charge in [-0.05, 0) is 30.2 Å². The van der Waals surface area contributed by atoms with Crippen LogP contribution >= 0.6 is 0 Å². The summed E-state index contributed by atoms with van der Waals surface area (Å²) >= 11 is 0. The average molecular weight is 363 g/mol. The van der Waals surface area contributed by atoms with Gasteiger partial charge >= 0.3 is 0 Å². The van der Waals surface area contributed by atoms with Crippen LogP contribution in [-0.2, 0) is 6.54 Å². The minimum Gasteiger partial charge on any atom is -0.454 e. The summed E-state index contributed by atoms with van der Waals surface area (Å²) in [5.41, 5.74) is 8.96. The van der Waals surface area contributed by atoms with Gasteiger partial charge in [-0.1, -0.05) is 36.4 Å². The summed E-state index contributed by atoms with van der Waals surface area (Å²) in [5.74, 6) is 2.71. The molecule has 0 saturated heterocycles. The summed E-state index contributed by atoms with van der Waals surface area (Å²) < 4.78 is 10.7. The third-order valence-corrected chi connectivity index (χ3v) is 4.43. The van der Waals surface area contributed by atoms with E-state index in [9.17, 15) is 0 Å². The first-order valence-corrected chi connectivity index (χ1v) is 8.75. The topological polar surface area (TPSA) is 94.3 Å². The predicted molar refractivity (Wildman–Crippen MR) is 105 cm³/mol. The monoisotopic (exact) mass is 363 g/mol. The maximum Gasteiger partial charge on any atom is 0.231 e. The van der Waals surface area contributed by atoms with Crippen molar-refractivity contribution in [2.45, 2.75) is 19.5 Å². The number of hydrogen-bond donors (Lipinski definition) is 3. The summed E-state index contributed by atoms with van der Waals surface area (Å²) in [6.45, 7) is 2.89. The van der Waals surface area contributed by atoms with Crippen LogP contribution in [0.5, 0.6) is 11.5 Å². The van der Waals surface area contributed by atoms with E-state index in [0.29, 0.717) is 23.9 Å². The highest BCUT2D eigenvalue weighted by Crippen LogP contribution is 2.33. The first-order valence-electron chi connectivity index (χ1n) is 8.75. The van der Waals surface area contributed by atoms with E-state index in [-0.39, 0.29) is 12.8 Å². The quantitative estimate of drug-likeness (QED) is 0.616. The number of fused-ring (bicyclic) bond motifs is 1. The van der Waals surface area contributed by atoms with Crippen LogP contribution in [-0.4, -0.2) is 16.8 Å². The Morgan fingerprint density at radius 1 is 1.04 bits per heavy atom. The van der Waals surface area contributed by atoms with Crippen LogP contribution in [0.15, 0.2) is 54.9 Å². The van der Waals surface area contributed by atoms with Crippen LogP contribution in [0.1, 0.15) is 24.1 Å². The molecule has 0 fully saturated rings. The van der Waals surface area contributed by atoms with E-state index in [1.54, 1.807) is 0 Å². The highest BCUT2D eigenvalue weighted by molar-refractivity contribution is 5.74. The lowest BCUT2D eigenvalue weighted by Gasteiger charge is -2.17. The van der Waals surface area contributed by atoms with Gasteiger partial charge in [0.05, 0.1) is 6.04 Å². The molecule has 2 aromatic carbocycles. The lowest BCUT2D eigenvalue weighted by Crippen LogP contribution is -2.12. The van der Waals surface area contributed by atoms with Gasteiger partial charge in [-0.2, -0.15) is 0 Å². The van der Waals surface area contributed by atoms with Crippen LogP contribution in [0, 0.1) is 0 Å². The third kappa shape index (κ3) is 3.72. The molecule has 1 aromatic heterocycles. The van der Waals surface area contributed by atoms with Gasteiger partial charge in [0, 0.05) is 6.54 Å². The Labute approximate surface area is 157 Å². The number of ether oxygens (including phenoxy) is 2. The largest absolute Gasteiger partial charge is 0.454 e. The standard InChI is InChI=1S/C20H21N5O2/c1-13(15-5-3-2-4-6-15)25-20-18(21)19(23-11-24-20)22-10-14-7-8-16-17(9-14)27-12-26-16/h2-9,11,13H,10,12,21H2,1H3,(H2,22,23,24,25). The van der Waals surface area contributed by atoms with E-state index in [4.69, 9.17) is 15.2 Å². The first kappa shape index (κ1) is 17.0. The van der Waals surface area contributed by atoms with Crippen molar-refractivity contribution in [1.82, 2.24) is 9.97 Å². The Morgan fingerprint density at radius 3 is 2.67 bits per heavy atom. The number of anilines is 3. The van der Waals surface area contributed by atoms with Gasteiger partial charge in [0.25, 0.3) is 0 Å². The summed E-state index contributed by atoms with van der Waals surface area (Å²) in [5, 5.41) is 6.61.